The van der Waals surface area contributed by atoms with E-state index in [1.54, 1.807) is 0 Å². The third-order valence-electron chi connectivity index (χ3n) is 3.51. The zero-order valence-corrected chi connectivity index (χ0v) is 13.5. The molecule has 1 N–H and O–H groups in total. The number of halogens is 1. The summed E-state index contributed by atoms with van der Waals surface area (Å²) < 4.78 is 1.06. The minimum Gasteiger partial charge on any atom is -0.356 e. The van der Waals surface area contributed by atoms with Gasteiger partial charge in [0, 0.05) is 35.9 Å². The van der Waals surface area contributed by atoms with Gasteiger partial charge in [0.05, 0.1) is 0 Å². The zero-order chi connectivity index (χ0) is 13.7. The van der Waals surface area contributed by atoms with Crippen LogP contribution in [0.5, 0.6) is 0 Å². The number of nitrogens with one attached hydrogen (secondary N) is 1. The molecule has 0 saturated heterocycles. The van der Waals surface area contributed by atoms with Crippen molar-refractivity contribution in [1.82, 2.24) is 10.3 Å². The lowest BCUT2D eigenvalue weighted by Crippen LogP contribution is -2.28. The van der Waals surface area contributed by atoms with E-state index in [0.717, 1.165) is 48.8 Å². The van der Waals surface area contributed by atoms with Gasteiger partial charge in [-0.3, -0.25) is 0 Å². The predicted octanol–water partition coefficient (Wildman–Crippen LogP) is 3.58. The summed E-state index contributed by atoms with van der Waals surface area (Å²) in [5.41, 5.74) is 1.30. The third-order valence-corrected chi connectivity index (χ3v) is 3.94. The summed E-state index contributed by atoms with van der Waals surface area (Å²) in [4.78, 5) is 7.07. The van der Waals surface area contributed by atoms with Gasteiger partial charge in [-0.05, 0) is 60.6 Å². The molecule has 4 heteroatoms. The van der Waals surface area contributed by atoms with Crippen molar-refractivity contribution in [1.29, 1.82) is 0 Å². The fourth-order valence-corrected chi connectivity index (χ4v) is 2.64. The van der Waals surface area contributed by atoms with Crippen LogP contribution in [0.3, 0.4) is 0 Å². The summed E-state index contributed by atoms with van der Waals surface area (Å²) in [6.45, 7) is 8.56. The first-order valence-electron chi connectivity index (χ1n) is 7.34. The largest absolute Gasteiger partial charge is 0.356 e. The molecule has 1 heterocycles. The van der Waals surface area contributed by atoms with Gasteiger partial charge in [0.1, 0.15) is 5.82 Å². The van der Waals surface area contributed by atoms with Crippen LogP contribution in [-0.4, -0.2) is 24.6 Å². The van der Waals surface area contributed by atoms with Gasteiger partial charge in [-0.25, -0.2) is 4.98 Å². The highest BCUT2D eigenvalue weighted by atomic mass is 79.9. The van der Waals surface area contributed by atoms with Crippen molar-refractivity contribution in [2.45, 2.75) is 39.7 Å². The second kappa shape index (κ2) is 7.25. The lowest BCUT2D eigenvalue weighted by Gasteiger charge is -2.24. The van der Waals surface area contributed by atoms with Gasteiger partial charge in [0.2, 0.25) is 0 Å². The maximum atomic E-state index is 4.65. The molecule has 0 bridgehead atoms. The van der Waals surface area contributed by atoms with Gasteiger partial charge in [0.15, 0.2) is 0 Å². The van der Waals surface area contributed by atoms with Crippen molar-refractivity contribution in [3.8, 4) is 0 Å². The lowest BCUT2D eigenvalue weighted by molar-refractivity contribution is 0.664. The zero-order valence-electron chi connectivity index (χ0n) is 12.0. The van der Waals surface area contributed by atoms with Crippen LogP contribution in [0.15, 0.2) is 16.7 Å². The number of pyridine rings is 1. The SMILES string of the molecule is CCCNCc1cc(Br)cnc1N(CC)CC1CC1. The monoisotopic (exact) mass is 325 g/mol. The quantitative estimate of drug-likeness (QED) is 0.740. The van der Waals surface area contributed by atoms with Crippen LogP contribution in [-0.2, 0) is 6.54 Å². The molecule has 1 aliphatic carbocycles. The molecule has 0 aromatic carbocycles. The molecule has 0 spiro atoms. The average Bonchev–Trinajstić information content (AvgIpc) is 3.21. The fraction of sp³-hybridized carbons (Fsp3) is 0.667. The Hall–Kier alpha value is -0.610. The first kappa shape index (κ1) is 14.8. The summed E-state index contributed by atoms with van der Waals surface area (Å²) in [6.07, 6.45) is 5.84. The molecule has 19 heavy (non-hydrogen) atoms. The van der Waals surface area contributed by atoms with Crippen LogP contribution in [0.25, 0.3) is 0 Å². The summed E-state index contributed by atoms with van der Waals surface area (Å²) in [5.74, 6) is 2.04. The molecule has 1 aromatic rings. The maximum absolute atomic E-state index is 4.65. The molecule has 0 radical (unpaired) electrons. The predicted molar refractivity (Wildman–Crippen MR) is 84.5 cm³/mol. The van der Waals surface area contributed by atoms with E-state index in [9.17, 15) is 0 Å². The summed E-state index contributed by atoms with van der Waals surface area (Å²) in [7, 11) is 0. The van der Waals surface area contributed by atoms with Gasteiger partial charge < -0.3 is 10.2 Å². The number of hydrogen-bond acceptors (Lipinski definition) is 3. The summed E-state index contributed by atoms with van der Waals surface area (Å²) in [6, 6.07) is 2.19. The molecule has 0 aliphatic heterocycles. The van der Waals surface area contributed by atoms with E-state index in [-0.39, 0.29) is 0 Å². The Labute approximate surface area is 124 Å². The Morgan fingerprint density at radius 3 is 2.84 bits per heavy atom. The maximum Gasteiger partial charge on any atom is 0.133 e. The highest BCUT2D eigenvalue weighted by Gasteiger charge is 2.25. The number of nitrogens with zero attached hydrogens (tertiary/aromatic N) is 2. The second-order valence-corrected chi connectivity index (χ2v) is 6.21. The highest BCUT2D eigenvalue weighted by molar-refractivity contribution is 9.10. The summed E-state index contributed by atoms with van der Waals surface area (Å²) in [5, 5.41) is 3.48. The third kappa shape index (κ3) is 4.46. The number of anilines is 1. The minimum absolute atomic E-state index is 0.891. The van der Waals surface area contributed by atoms with Crippen molar-refractivity contribution >= 4 is 21.7 Å². The molecule has 1 aliphatic rings. The first-order valence-corrected chi connectivity index (χ1v) is 8.14. The van der Waals surface area contributed by atoms with E-state index in [0.29, 0.717) is 0 Å². The molecule has 3 nitrogen and oxygen atoms in total. The molecule has 1 fully saturated rings. The Morgan fingerprint density at radius 2 is 2.21 bits per heavy atom. The van der Waals surface area contributed by atoms with Crippen LogP contribution in [0.4, 0.5) is 5.82 Å². The number of aromatic nitrogens is 1. The smallest absolute Gasteiger partial charge is 0.133 e. The molecule has 0 atom stereocenters. The van der Waals surface area contributed by atoms with E-state index in [4.69, 9.17) is 0 Å². The number of rotatable bonds is 8. The van der Waals surface area contributed by atoms with E-state index < -0.39 is 0 Å². The Balaban J connectivity index is 2.11. The molecule has 0 amide bonds. The van der Waals surface area contributed by atoms with E-state index in [2.05, 4.69) is 51.0 Å². The van der Waals surface area contributed by atoms with Gasteiger partial charge in [-0.15, -0.1) is 0 Å². The lowest BCUT2D eigenvalue weighted by atomic mass is 10.2. The standard InChI is InChI=1S/C15H24BrN3/c1-3-7-17-9-13-8-14(16)10-18-15(13)19(4-2)11-12-5-6-12/h8,10,12,17H,3-7,9,11H2,1-2H3. The van der Waals surface area contributed by atoms with Crippen molar-refractivity contribution in [3.05, 3.63) is 22.3 Å². The van der Waals surface area contributed by atoms with Gasteiger partial charge in [-0.2, -0.15) is 0 Å². The van der Waals surface area contributed by atoms with Crippen LogP contribution in [0, 0.1) is 5.92 Å². The first-order chi connectivity index (χ1) is 9.24. The van der Waals surface area contributed by atoms with Gasteiger partial charge in [-0.1, -0.05) is 6.92 Å². The second-order valence-electron chi connectivity index (χ2n) is 5.30. The Morgan fingerprint density at radius 1 is 1.42 bits per heavy atom. The van der Waals surface area contributed by atoms with Crippen molar-refractivity contribution in [2.24, 2.45) is 5.92 Å². The molecule has 1 saturated carbocycles. The van der Waals surface area contributed by atoms with Crippen LogP contribution < -0.4 is 10.2 Å². The van der Waals surface area contributed by atoms with Gasteiger partial charge >= 0.3 is 0 Å². The van der Waals surface area contributed by atoms with Crippen molar-refractivity contribution in [3.63, 3.8) is 0 Å². The summed E-state index contributed by atoms with van der Waals surface area (Å²) >= 11 is 3.53. The fourth-order valence-electron chi connectivity index (χ4n) is 2.27. The van der Waals surface area contributed by atoms with Gasteiger partial charge in [0.25, 0.3) is 0 Å². The minimum atomic E-state index is 0.891. The van der Waals surface area contributed by atoms with E-state index >= 15 is 0 Å². The highest BCUT2D eigenvalue weighted by Crippen LogP contribution is 2.32. The van der Waals surface area contributed by atoms with E-state index in [1.807, 2.05) is 6.20 Å². The molecule has 1 aromatic heterocycles. The Bertz CT molecular complexity index is 404. The normalized spacial score (nSPS) is 14.7. The van der Waals surface area contributed by atoms with Crippen LogP contribution in [0.2, 0.25) is 0 Å². The topological polar surface area (TPSA) is 28.2 Å². The molecule has 106 valence electrons. The van der Waals surface area contributed by atoms with Crippen molar-refractivity contribution < 1.29 is 0 Å². The van der Waals surface area contributed by atoms with Crippen LogP contribution >= 0.6 is 15.9 Å². The van der Waals surface area contributed by atoms with Crippen molar-refractivity contribution in [2.75, 3.05) is 24.5 Å². The molecule has 2 rings (SSSR count). The average molecular weight is 326 g/mol. The molecule has 0 unspecified atom stereocenters. The number of hydrogen-bond donors (Lipinski definition) is 1. The van der Waals surface area contributed by atoms with E-state index in [1.165, 1.54) is 18.4 Å². The molecular weight excluding hydrogens is 302 g/mol. The molecular formula is C15H24BrN3. The van der Waals surface area contributed by atoms with Crippen LogP contribution in [0.1, 0.15) is 38.7 Å². The Kier molecular flexibility index (Phi) is 5.64.